The second-order valence-electron chi connectivity index (χ2n) is 13.4. The van der Waals surface area contributed by atoms with E-state index in [4.69, 9.17) is 26.9 Å². The van der Waals surface area contributed by atoms with Crippen LogP contribution in [-0.4, -0.2) is 72.5 Å². The molecule has 1 heterocycles. The first kappa shape index (κ1) is 29.9. The Balaban J connectivity index is 3.54. The molecule has 11 heteroatoms. The molecule has 0 radical (unpaired) electrons. The molecule has 1 saturated heterocycles. The quantitative estimate of drug-likeness (QED) is 0.324. The molecule has 0 aromatic carbocycles. The summed E-state index contributed by atoms with van der Waals surface area (Å²) in [7, 11) is -9.61. The van der Waals surface area contributed by atoms with Crippen LogP contribution >= 0.6 is 0 Å². The summed E-state index contributed by atoms with van der Waals surface area (Å²) in [6.07, 6.45) is -2.02. The molecule has 1 fully saturated rings. The minimum Gasteiger partial charge on any atom is -0.409 e. The molecule has 0 aromatic rings. The van der Waals surface area contributed by atoms with E-state index in [2.05, 4.69) is 98.2 Å². The molecule has 0 spiro atoms. The fraction of sp³-hybridized carbons (Fsp3) is 1.00. The maximum atomic E-state index is 6.81. The largest absolute Gasteiger partial charge is 0.409 e. The van der Waals surface area contributed by atoms with Gasteiger partial charge < -0.3 is 26.9 Å². The Morgan fingerprint density at radius 3 is 0.806 bits per heavy atom. The van der Waals surface area contributed by atoms with Gasteiger partial charge in [-0.25, -0.2) is 0 Å². The fourth-order valence-corrected chi connectivity index (χ4v) is 8.26. The predicted octanol–water partition coefficient (Wildman–Crippen LogP) is 6.03. The van der Waals surface area contributed by atoms with Crippen molar-refractivity contribution >= 4 is 41.6 Å². The zero-order valence-electron chi connectivity index (χ0n) is 22.8. The van der Waals surface area contributed by atoms with Crippen molar-refractivity contribution < 1.29 is 26.9 Å². The van der Waals surface area contributed by atoms with Gasteiger partial charge >= 0.3 is 0 Å². The topological polar surface area (TPSA) is 55.4 Å². The lowest BCUT2D eigenvalue weighted by Crippen LogP contribution is -2.67. The van der Waals surface area contributed by atoms with Crippen molar-refractivity contribution in [2.45, 2.75) is 129 Å². The molecule has 1 aliphatic rings. The Kier molecular flexibility index (Phi) is 9.85. The minimum atomic E-state index is -1.93. The predicted molar refractivity (Wildman–Crippen MR) is 142 cm³/mol. The van der Waals surface area contributed by atoms with Crippen molar-refractivity contribution in [3.05, 3.63) is 0 Å². The number of rotatable bonds is 10. The van der Waals surface area contributed by atoms with Crippen LogP contribution in [0.2, 0.25) is 98.2 Å². The van der Waals surface area contributed by atoms with Gasteiger partial charge in [-0.2, -0.15) is 0 Å². The van der Waals surface area contributed by atoms with Crippen LogP contribution in [0, 0.1) is 0 Å². The van der Waals surface area contributed by atoms with Gasteiger partial charge in [0.2, 0.25) is 0 Å². The SMILES string of the molecule is C[Si](C)(C)OC1[C@@H](O[Si](C)(C)C)[C@@H](O[Si](C)(C)C)O[C@H](O[Si](C)(C)C)[C@@H]1O[Si](C)(C)C. The Morgan fingerprint density at radius 2 is 0.581 bits per heavy atom. The van der Waals surface area contributed by atoms with E-state index < -0.39 is 54.2 Å². The Bertz CT molecular complexity index is 529. The third kappa shape index (κ3) is 12.2. The van der Waals surface area contributed by atoms with Crippen LogP contribution in [0.4, 0.5) is 0 Å². The van der Waals surface area contributed by atoms with E-state index in [1.807, 2.05) is 0 Å². The van der Waals surface area contributed by atoms with Crippen LogP contribution in [0.25, 0.3) is 0 Å². The van der Waals surface area contributed by atoms with Gasteiger partial charge in [0.25, 0.3) is 0 Å². The maximum Gasteiger partial charge on any atom is 0.187 e. The minimum absolute atomic E-state index is 0.290. The summed E-state index contributed by atoms with van der Waals surface area (Å²) in [4.78, 5) is 0. The molecule has 0 aromatic heterocycles. The average Bonchev–Trinajstić information content (AvgIpc) is 2.39. The van der Waals surface area contributed by atoms with Gasteiger partial charge in [0.1, 0.15) is 18.3 Å². The molecule has 186 valence electrons. The molecule has 0 saturated carbocycles. The monoisotopic (exact) mass is 526 g/mol. The van der Waals surface area contributed by atoms with E-state index in [1.165, 1.54) is 0 Å². The summed E-state index contributed by atoms with van der Waals surface area (Å²) >= 11 is 0. The average molecular weight is 527 g/mol. The maximum absolute atomic E-state index is 6.81. The number of ether oxygens (including phenoxy) is 1. The van der Waals surface area contributed by atoms with Crippen molar-refractivity contribution in [3.8, 4) is 0 Å². The van der Waals surface area contributed by atoms with Crippen LogP contribution in [0.3, 0.4) is 0 Å². The molecule has 0 N–H and O–H groups in total. The van der Waals surface area contributed by atoms with Crippen LogP contribution in [0.1, 0.15) is 0 Å². The van der Waals surface area contributed by atoms with Gasteiger partial charge in [-0.1, -0.05) is 0 Å². The first-order valence-electron chi connectivity index (χ1n) is 11.5. The molecule has 1 aliphatic heterocycles. The molecule has 31 heavy (non-hydrogen) atoms. The van der Waals surface area contributed by atoms with Gasteiger partial charge in [-0.05, 0) is 98.2 Å². The lowest BCUT2D eigenvalue weighted by Gasteiger charge is -2.52. The van der Waals surface area contributed by atoms with E-state index >= 15 is 0 Å². The van der Waals surface area contributed by atoms with Crippen molar-refractivity contribution in [3.63, 3.8) is 0 Å². The highest BCUT2D eigenvalue weighted by Crippen LogP contribution is 2.36. The molecule has 6 nitrogen and oxygen atoms in total. The highest BCUT2D eigenvalue weighted by atomic mass is 28.4. The Hall–Kier alpha value is 0.844. The zero-order chi connectivity index (χ0) is 24.6. The Labute approximate surface area is 197 Å². The first-order valence-corrected chi connectivity index (χ1v) is 28.5. The molecule has 0 amide bonds. The van der Waals surface area contributed by atoms with Crippen molar-refractivity contribution in [1.82, 2.24) is 0 Å². The fourth-order valence-electron chi connectivity index (χ4n) is 3.27. The first-order chi connectivity index (χ1) is 13.5. The molecular weight excluding hydrogens is 477 g/mol. The second kappa shape index (κ2) is 10.2. The summed E-state index contributed by atoms with van der Waals surface area (Å²) in [6.45, 7) is 32.9. The smallest absolute Gasteiger partial charge is 0.187 e. The van der Waals surface area contributed by atoms with Crippen LogP contribution < -0.4 is 0 Å². The lowest BCUT2D eigenvalue weighted by molar-refractivity contribution is -0.308. The van der Waals surface area contributed by atoms with Gasteiger partial charge in [-0.15, -0.1) is 0 Å². The second-order valence-corrected chi connectivity index (χ2v) is 35.7. The van der Waals surface area contributed by atoms with Crippen molar-refractivity contribution in [1.29, 1.82) is 0 Å². The van der Waals surface area contributed by atoms with E-state index in [-0.39, 0.29) is 18.3 Å². The molecule has 1 rings (SSSR count). The summed E-state index contributed by atoms with van der Waals surface area (Å²) < 4.78 is 39.9. The number of hydrogen-bond acceptors (Lipinski definition) is 6. The van der Waals surface area contributed by atoms with Gasteiger partial charge in [-0.3, -0.25) is 0 Å². The Morgan fingerprint density at radius 1 is 0.355 bits per heavy atom. The van der Waals surface area contributed by atoms with Crippen LogP contribution in [0.5, 0.6) is 0 Å². The third-order valence-corrected chi connectivity index (χ3v) is 8.68. The van der Waals surface area contributed by atoms with Crippen LogP contribution in [-0.2, 0) is 26.9 Å². The molecule has 0 bridgehead atoms. The lowest BCUT2D eigenvalue weighted by atomic mass is 10.0. The normalized spacial score (nSPS) is 29.3. The summed E-state index contributed by atoms with van der Waals surface area (Å²) in [6, 6.07) is 0. The molecule has 0 aliphatic carbocycles. The third-order valence-electron chi connectivity index (χ3n) is 3.86. The molecular formula is C20H50O6Si5. The number of hydrogen-bond donors (Lipinski definition) is 0. The van der Waals surface area contributed by atoms with Gasteiger partial charge in [0.15, 0.2) is 54.2 Å². The van der Waals surface area contributed by atoms with E-state index in [9.17, 15) is 0 Å². The zero-order valence-corrected chi connectivity index (χ0v) is 27.8. The van der Waals surface area contributed by atoms with E-state index in [1.54, 1.807) is 0 Å². The van der Waals surface area contributed by atoms with Gasteiger partial charge in [0.05, 0.1) is 0 Å². The summed E-state index contributed by atoms with van der Waals surface area (Å²) in [5.41, 5.74) is 0. The highest BCUT2D eigenvalue weighted by Gasteiger charge is 2.53. The molecule has 4 atom stereocenters. The summed E-state index contributed by atoms with van der Waals surface area (Å²) in [5, 5.41) is 0. The van der Waals surface area contributed by atoms with E-state index in [0.717, 1.165) is 0 Å². The van der Waals surface area contributed by atoms with Crippen LogP contribution in [0.15, 0.2) is 0 Å². The van der Waals surface area contributed by atoms with E-state index in [0.29, 0.717) is 0 Å². The summed E-state index contributed by atoms with van der Waals surface area (Å²) in [5.74, 6) is 0. The van der Waals surface area contributed by atoms with Crippen molar-refractivity contribution in [2.24, 2.45) is 0 Å². The highest BCUT2D eigenvalue weighted by molar-refractivity contribution is 6.71. The van der Waals surface area contributed by atoms with Gasteiger partial charge in [0, 0.05) is 0 Å². The standard InChI is InChI=1S/C20H50O6Si5/c1-27(2,3)22-16-17(23-28(4,5)6)19(25-30(10,11)12)21-20(26-31(13,14)15)18(16)24-29(7,8)9/h16-20H,1-15H3/t17-,18-,19-,20-/m1/s1. The van der Waals surface area contributed by atoms with Crippen molar-refractivity contribution in [2.75, 3.05) is 0 Å². The molecule has 0 unspecified atom stereocenters.